The Morgan fingerprint density at radius 1 is 1.21 bits per heavy atom. The highest BCUT2D eigenvalue weighted by atomic mass is 127. The molecule has 164 valence electrons. The van der Waals surface area contributed by atoms with Crippen LogP contribution in [-0.4, -0.2) is 61.7 Å². The van der Waals surface area contributed by atoms with Crippen molar-refractivity contribution < 1.29 is 9.66 Å². The lowest BCUT2D eigenvalue weighted by atomic mass is 9.92. The molecule has 1 heterocycles. The van der Waals surface area contributed by atoms with Gasteiger partial charge in [0.15, 0.2) is 5.96 Å². The first-order valence-corrected chi connectivity index (χ1v) is 10.1. The van der Waals surface area contributed by atoms with Crippen LogP contribution < -0.4 is 10.6 Å². The number of hydrogen-bond donors (Lipinski definition) is 2. The average Bonchev–Trinajstić information content (AvgIpc) is 2.74. The fourth-order valence-corrected chi connectivity index (χ4v) is 3.68. The Labute approximate surface area is 190 Å². The Morgan fingerprint density at radius 2 is 1.83 bits per heavy atom. The van der Waals surface area contributed by atoms with Gasteiger partial charge in [-0.2, -0.15) is 0 Å². The second-order valence-corrected chi connectivity index (χ2v) is 7.02. The molecular formula is C20H34IN5O3. The number of guanidine groups is 1. The van der Waals surface area contributed by atoms with Crippen molar-refractivity contribution in [1.29, 1.82) is 0 Å². The number of rotatable bonds is 9. The molecule has 9 heteroatoms. The van der Waals surface area contributed by atoms with Crippen LogP contribution in [0.3, 0.4) is 0 Å². The molecule has 1 aliphatic rings. The minimum absolute atomic E-state index is 0. The zero-order valence-corrected chi connectivity index (χ0v) is 19.9. The van der Waals surface area contributed by atoms with Gasteiger partial charge in [0, 0.05) is 51.4 Å². The van der Waals surface area contributed by atoms with Gasteiger partial charge in [-0.1, -0.05) is 38.8 Å². The maximum atomic E-state index is 10.8. The van der Waals surface area contributed by atoms with Gasteiger partial charge in [-0.15, -0.1) is 24.0 Å². The van der Waals surface area contributed by atoms with Gasteiger partial charge in [0.1, 0.15) is 0 Å². The molecule has 0 spiro atoms. The SMILES string of the molecule is CCC(CC)C(CNC(=NC)NCc1ccc([N+](=O)[O-])cc1)N1CCOCC1.I. The van der Waals surface area contributed by atoms with E-state index in [1.165, 1.54) is 12.1 Å². The topological polar surface area (TPSA) is 92.0 Å². The van der Waals surface area contributed by atoms with E-state index in [4.69, 9.17) is 4.74 Å². The molecule has 2 rings (SSSR count). The van der Waals surface area contributed by atoms with E-state index in [0.29, 0.717) is 18.5 Å². The molecule has 1 aliphatic heterocycles. The highest BCUT2D eigenvalue weighted by Gasteiger charge is 2.27. The lowest BCUT2D eigenvalue weighted by Gasteiger charge is -2.39. The number of nitrogens with one attached hydrogen (secondary N) is 2. The Hall–Kier alpha value is -1.46. The summed E-state index contributed by atoms with van der Waals surface area (Å²) < 4.78 is 5.51. The van der Waals surface area contributed by atoms with Gasteiger partial charge in [0.25, 0.3) is 5.69 Å². The zero-order valence-electron chi connectivity index (χ0n) is 17.6. The number of morpholine rings is 1. The molecule has 29 heavy (non-hydrogen) atoms. The van der Waals surface area contributed by atoms with Crippen LogP contribution in [0.2, 0.25) is 0 Å². The second kappa shape index (κ2) is 13.7. The normalized spacial score (nSPS) is 16.2. The van der Waals surface area contributed by atoms with Gasteiger partial charge in [-0.05, 0) is 11.5 Å². The minimum atomic E-state index is -0.388. The molecule has 0 aliphatic carbocycles. The molecule has 1 atom stereocenters. The van der Waals surface area contributed by atoms with Crippen LogP contribution >= 0.6 is 24.0 Å². The van der Waals surface area contributed by atoms with Gasteiger partial charge < -0.3 is 15.4 Å². The van der Waals surface area contributed by atoms with Gasteiger partial charge in [0.05, 0.1) is 18.1 Å². The van der Waals surface area contributed by atoms with Crippen LogP contribution in [0.15, 0.2) is 29.3 Å². The van der Waals surface area contributed by atoms with Crippen LogP contribution in [0, 0.1) is 16.0 Å². The average molecular weight is 519 g/mol. The first kappa shape index (κ1) is 25.6. The highest BCUT2D eigenvalue weighted by Crippen LogP contribution is 2.19. The third kappa shape index (κ3) is 8.06. The van der Waals surface area contributed by atoms with Gasteiger partial charge in [-0.25, -0.2) is 0 Å². The first-order chi connectivity index (χ1) is 13.6. The van der Waals surface area contributed by atoms with Crippen molar-refractivity contribution in [3.63, 3.8) is 0 Å². The fraction of sp³-hybridized carbons (Fsp3) is 0.650. The van der Waals surface area contributed by atoms with Crippen molar-refractivity contribution in [2.45, 2.75) is 39.3 Å². The van der Waals surface area contributed by atoms with E-state index in [1.807, 2.05) is 0 Å². The molecule has 0 saturated carbocycles. The highest BCUT2D eigenvalue weighted by molar-refractivity contribution is 14.0. The summed E-state index contributed by atoms with van der Waals surface area (Å²) in [6.45, 7) is 9.42. The smallest absolute Gasteiger partial charge is 0.269 e. The predicted octanol–water partition coefficient (Wildman–Crippen LogP) is 3.01. The lowest BCUT2D eigenvalue weighted by molar-refractivity contribution is -0.384. The van der Waals surface area contributed by atoms with Crippen molar-refractivity contribution in [2.75, 3.05) is 39.9 Å². The van der Waals surface area contributed by atoms with Gasteiger partial charge in [-0.3, -0.25) is 20.0 Å². The van der Waals surface area contributed by atoms with Crippen LogP contribution in [0.4, 0.5) is 5.69 Å². The van der Waals surface area contributed by atoms with Gasteiger partial charge >= 0.3 is 0 Å². The maximum absolute atomic E-state index is 10.8. The first-order valence-electron chi connectivity index (χ1n) is 10.1. The molecule has 0 radical (unpaired) electrons. The lowest BCUT2D eigenvalue weighted by Crippen LogP contribution is -2.53. The summed E-state index contributed by atoms with van der Waals surface area (Å²) in [6, 6.07) is 7.01. The number of nitro groups is 1. The molecular weight excluding hydrogens is 485 g/mol. The Balaban J connectivity index is 0.00000420. The Bertz CT molecular complexity index is 632. The van der Waals surface area contributed by atoms with Crippen LogP contribution in [0.5, 0.6) is 0 Å². The molecule has 0 aromatic heterocycles. The van der Waals surface area contributed by atoms with E-state index >= 15 is 0 Å². The summed E-state index contributed by atoms with van der Waals surface area (Å²) in [7, 11) is 1.76. The van der Waals surface area contributed by atoms with E-state index in [1.54, 1.807) is 19.2 Å². The molecule has 1 aromatic rings. The monoisotopic (exact) mass is 519 g/mol. The fourth-order valence-electron chi connectivity index (χ4n) is 3.68. The molecule has 0 bridgehead atoms. The quantitative estimate of drug-likeness (QED) is 0.171. The van der Waals surface area contributed by atoms with Crippen molar-refractivity contribution in [1.82, 2.24) is 15.5 Å². The van der Waals surface area contributed by atoms with E-state index in [-0.39, 0.29) is 34.6 Å². The summed E-state index contributed by atoms with van der Waals surface area (Å²) >= 11 is 0. The molecule has 1 fully saturated rings. The number of nitrogens with zero attached hydrogens (tertiary/aromatic N) is 3. The number of nitro benzene ring substituents is 1. The van der Waals surface area contributed by atoms with Crippen LogP contribution in [0.25, 0.3) is 0 Å². The van der Waals surface area contributed by atoms with Gasteiger partial charge in [0.2, 0.25) is 0 Å². The molecule has 1 unspecified atom stereocenters. The van der Waals surface area contributed by atoms with Crippen molar-refractivity contribution in [3.05, 3.63) is 39.9 Å². The van der Waals surface area contributed by atoms with Crippen molar-refractivity contribution >= 4 is 35.6 Å². The molecule has 0 amide bonds. The molecule has 2 N–H and O–H groups in total. The summed E-state index contributed by atoms with van der Waals surface area (Å²) in [6.07, 6.45) is 2.30. The van der Waals surface area contributed by atoms with E-state index in [0.717, 1.165) is 57.2 Å². The zero-order chi connectivity index (χ0) is 20.4. The summed E-state index contributed by atoms with van der Waals surface area (Å²) in [5, 5.41) is 17.5. The van der Waals surface area contributed by atoms with E-state index < -0.39 is 0 Å². The van der Waals surface area contributed by atoms with Crippen LogP contribution in [0.1, 0.15) is 32.3 Å². The number of halogens is 1. The summed E-state index contributed by atoms with van der Waals surface area (Å²) in [5.74, 6) is 1.36. The maximum Gasteiger partial charge on any atom is 0.269 e. The van der Waals surface area contributed by atoms with Crippen LogP contribution in [-0.2, 0) is 11.3 Å². The predicted molar refractivity (Wildman–Crippen MR) is 127 cm³/mol. The largest absolute Gasteiger partial charge is 0.379 e. The van der Waals surface area contributed by atoms with E-state index in [9.17, 15) is 10.1 Å². The number of benzene rings is 1. The Kier molecular flexibility index (Phi) is 12.1. The summed E-state index contributed by atoms with van der Waals surface area (Å²) in [5.41, 5.74) is 1.07. The summed E-state index contributed by atoms with van der Waals surface area (Å²) in [4.78, 5) is 17.2. The molecule has 8 nitrogen and oxygen atoms in total. The third-order valence-electron chi connectivity index (χ3n) is 5.42. The third-order valence-corrected chi connectivity index (χ3v) is 5.42. The number of hydrogen-bond acceptors (Lipinski definition) is 5. The Morgan fingerprint density at radius 3 is 2.34 bits per heavy atom. The van der Waals surface area contributed by atoms with Crippen molar-refractivity contribution in [2.24, 2.45) is 10.9 Å². The standard InChI is InChI=1S/C20H33N5O3.HI/c1-4-17(5-2)19(24-10-12-28-13-11-24)15-23-20(21-3)22-14-16-6-8-18(9-7-16)25(26)27;/h6-9,17,19H,4-5,10-15H2,1-3H3,(H2,21,22,23);1H. The van der Waals surface area contributed by atoms with E-state index in [2.05, 4.69) is 34.4 Å². The molecule has 1 saturated heterocycles. The second-order valence-electron chi connectivity index (χ2n) is 7.02. The number of aliphatic imine (C=N–C) groups is 1. The van der Waals surface area contributed by atoms with Crippen molar-refractivity contribution in [3.8, 4) is 0 Å². The number of non-ortho nitro benzene ring substituents is 1. The molecule has 1 aromatic carbocycles. The minimum Gasteiger partial charge on any atom is -0.379 e. The number of ether oxygens (including phenoxy) is 1.